The Bertz CT molecular complexity index is 512. The van der Waals surface area contributed by atoms with Gasteiger partial charge in [-0.15, -0.1) is 0 Å². The highest BCUT2D eigenvalue weighted by Gasteiger charge is 2.05. The first-order chi connectivity index (χ1) is 8.79. The van der Waals surface area contributed by atoms with Gasteiger partial charge in [0.05, 0.1) is 0 Å². The standard InChI is InChI=1S/C11H13N5O2/c1-2-18-6-11(17)15-9-5-10(14-7-13-9)16-4-3-12-8-16/h3-5,7-8H,2,6H2,1H3,(H,13,14,15,17). The van der Waals surface area contributed by atoms with Crippen LogP contribution in [0.2, 0.25) is 0 Å². The summed E-state index contributed by atoms with van der Waals surface area (Å²) in [4.78, 5) is 23.4. The maximum atomic E-state index is 11.5. The maximum Gasteiger partial charge on any atom is 0.251 e. The number of hydrogen-bond acceptors (Lipinski definition) is 5. The maximum absolute atomic E-state index is 11.5. The molecule has 2 heterocycles. The van der Waals surface area contributed by atoms with Crippen molar-refractivity contribution in [2.75, 3.05) is 18.5 Å². The van der Waals surface area contributed by atoms with E-state index in [9.17, 15) is 4.79 Å². The van der Waals surface area contributed by atoms with Crippen LogP contribution in [0.1, 0.15) is 6.92 Å². The fourth-order valence-electron chi connectivity index (χ4n) is 1.32. The Morgan fingerprint density at radius 3 is 3.11 bits per heavy atom. The van der Waals surface area contributed by atoms with Crippen LogP contribution in [0.5, 0.6) is 0 Å². The molecule has 1 N–H and O–H groups in total. The third-order valence-electron chi connectivity index (χ3n) is 2.13. The summed E-state index contributed by atoms with van der Waals surface area (Å²) in [5, 5.41) is 2.63. The summed E-state index contributed by atoms with van der Waals surface area (Å²) in [6, 6.07) is 1.66. The molecule has 0 aromatic carbocycles. The number of anilines is 1. The Kier molecular flexibility index (Phi) is 3.98. The molecule has 0 radical (unpaired) electrons. The Morgan fingerprint density at radius 1 is 1.50 bits per heavy atom. The van der Waals surface area contributed by atoms with Gasteiger partial charge in [0.2, 0.25) is 0 Å². The number of rotatable bonds is 5. The quantitative estimate of drug-likeness (QED) is 0.838. The molecule has 7 heteroatoms. The molecule has 94 valence electrons. The number of aromatic nitrogens is 4. The van der Waals surface area contributed by atoms with Gasteiger partial charge in [0.25, 0.3) is 5.91 Å². The lowest BCUT2D eigenvalue weighted by Crippen LogP contribution is -2.19. The van der Waals surface area contributed by atoms with Crippen molar-refractivity contribution < 1.29 is 9.53 Å². The van der Waals surface area contributed by atoms with Gasteiger partial charge in [-0.05, 0) is 6.92 Å². The van der Waals surface area contributed by atoms with E-state index >= 15 is 0 Å². The first-order valence-electron chi connectivity index (χ1n) is 5.47. The van der Waals surface area contributed by atoms with Crippen LogP contribution in [0.25, 0.3) is 5.82 Å². The number of nitrogens with one attached hydrogen (secondary N) is 1. The van der Waals surface area contributed by atoms with E-state index < -0.39 is 0 Å². The first-order valence-corrected chi connectivity index (χ1v) is 5.47. The van der Waals surface area contributed by atoms with Crippen LogP contribution in [0, 0.1) is 0 Å². The van der Waals surface area contributed by atoms with E-state index in [1.54, 1.807) is 29.4 Å². The summed E-state index contributed by atoms with van der Waals surface area (Å²) in [5.41, 5.74) is 0. The second-order valence-corrected chi connectivity index (χ2v) is 3.42. The lowest BCUT2D eigenvalue weighted by molar-refractivity contribution is -0.120. The number of nitrogens with zero attached hydrogens (tertiary/aromatic N) is 4. The van der Waals surface area contributed by atoms with Gasteiger partial charge in [0, 0.05) is 25.1 Å². The fourth-order valence-corrected chi connectivity index (χ4v) is 1.32. The largest absolute Gasteiger partial charge is 0.372 e. The van der Waals surface area contributed by atoms with Gasteiger partial charge in [-0.2, -0.15) is 0 Å². The van der Waals surface area contributed by atoms with E-state index in [-0.39, 0.29) is 12.5 Å². The number of hydrogen-bond donors (Lipinski definition) is 1. The second-order valence-electron chi connectivity index (χ2n) is 3.42. The third-order valence-corrected chi connectivity index (χ3v) is 2.13. The van der Waals surface area contributed by atoms with Gasteiger partial charge in [-0.1, -0.05) is 0 Å². The lowest BCUT2D eigenvalue weighted by atomic mass is 10.5. The summed E-state index contributed by atoms with van der Waals surface area (Å²) < 4.78 is 6.72. The van der Waals surface area contributed by atoms with Crippen LogP contribution >= 0.6 is 0 Å². The van der Waals surface area contributed by atoms with Gasteiger partial charge < -0.3 is 10.1 Å². The smallest absolute Gasteiger partial charge is 0.251 e. The van der Waals surface area contributed by atoms with Gasteiger partial charge in [-0.3, -0.25) is 9.36 Å². The van der Waals surface area contributed by atoms with Crippen molar-refractivity contribution in [3.63, 3.8) is 0 Å². The van der Waals surface area contributed by atoms with Crippen molar-refractivity contribution >= 4 is 11.7 Å². The zero-order chi connectivity index (χ0) is 12.8. The highest BCUT2D eigenvalue weighted by molar-refractivity contribution is 5.90. The molecule has 0 saturated heterocycles. The Morgan fingerprint density at radius 2 is 2.39 bits per heavy atom. The van der Waals surface area contributed by atoms with Crippen LogP contribution in [0.3, 0.4) is 0 Å². The highest BCUT2D eigenvalue weighted by Crippen LogP contribution is 2.08. The van der Waals surface area contributed by atoms with E-state index in [1.165, 1.54) is 6.33 Å². The molecule has 2 rings (SSSR count). The summed E-state index contributed by atoms with van der Waals surface area (Å²) >= 11 is 0. The van der Waals surface area contributed by atoms with E-state index in [2.05, 4.69) is 20.3 Å². The molecule has 0 aliphatic heterocycles. The minimum Gasteiger partial charge on any atom is -0.372 e. The van der Waals surface area contributed by atoms with E-state index in [4.69, 9.17) is 4.74 Å². The first kappa shape index (κ1) is 12.2. The Hall–Kier alpha value is -2.28. The van der Waals surface area contributed by atoms with Crippen LogP contribution < -0.4 is 5.32 Å². The normalized spacial score (nSPS) is 10.3. The average molecular weight is 247 g/mol. The minimum atomic E-state index is -0.243. The monoisotopic (exact) mass is 247 g/mol. The predicted molar refractivity (Wildman–Crippen MR) is 64.3 cm³/mol. The second kappa shape index (κ2) is 5.87. The molecule has 7 nitrogen and oxygen atoms in total. The van der Waals surface area contributed by atoms with Crippen LogP contribution in [0.15, 0.2) is 31.1 Å². The van der Waals surface area contributed by atoms with Crippen molar-refractivity contribution in [1.29, 1.82) is 0 Å². The molecule has 0 aliphatic carbocycles. The van der Waals surface area contributed by atoms with Gasteiger partial charge in [0.15, 0.2) is 0 Å². The summed E-state index contributed by atoms with van der Waals surface area (Å²) in [6.45, 7) is 2.34. The molecule has 0 saturated carbocycles. The van der Waals surface area contributed by atoms with E-state index in [1.807, 2.05) is 6.92 Å². The molecule has 0 unspecified atom stereocenters. The fraction of sp³-hybridized carbons (Fsp3) is 0.273. The van der Waals surface area contributed by atoms with Crippen molar-refractivity contribution in [3.05, 3.63) is 31.1 Å². The number of amides is 1. The molecule has 2 aromatic heterocycles. The molecule has 0 atom stereocenters. The van der Waals surface area contributed by atoms with Crippen LogP contribution in [-0.4, -0.2) is 38.6 Å². The highest BCUT2D eigenvalue weighted by atomic mass is 16.5. The Balaban J connectivity index is 2.06. The third kappa shape index (κ3) is 3.11. The molecule has 0 bridgehead atoms. The number of imidazole rings is 1. The molecule has 0 spiro atoms. The molecular formula is C11H13N5O2. The van der Waals surface area contributed by atoms with E-state index in [0.717, 1.165) is 0 Å². The average Bonchev–Trinajstić information content (AvgIpc) is 2.90. The van der Waals surface area contributed by atoms with Crippen LogP contribution in [-0.2, 0) is 9.53 Å². The van der Waals surface area contributed by atoms with Crippen molar-refractivity contribution in [3.8, 4) is 5.82 Å². The zero-order valence-electron chi connectivity index (χ0n) is 9.91. The summed E-state index contributed by atoms with van der Waals surface area (Å²) in [7, 11) is 0. The zero-order valence-corrected chi connectivity index (χ0v) is 9.91. The van der Waals surface area contributed by atoms with Gasteiger partial charge in [0.1, 0.15) is 30.9 Å². The van der Waals surface area contributed by atoms with Crippen molar-refractivity contribution in [2.45, 2.75) is 6.92 Å². The van der Waals surface area contributed by atoms with Crippen molar-refractivity contribution in [2.24, 2.45) is 0 Å². The SMILES string of the molecule is CCOCC(=O)Nc1cc(-n2ccnc2)ncn1. The van der Waals surface area contributed by atoms with E-state index in [0.29, 0.717) is 18.2 Å². The topological polar surface area (TPSA) is 81.9 Å². The van der Waals surface area contributed by atoms with Crippen LogP contribution in [0.4, 0.5) is 5.82 Å². The molecule has 1 amide bonds. The van der Waals surface area contributed by atoms with Crippen molar-refractivity contribution in [1.82, 2.24) is 19.5 Å². The van der Waals surface area contributed by atoms with Gasteiger partial charge in [-0.25, -0.2) is 15.0 Å². The number of ether oxygens (including phenoxy) is 1. The molecule has 0 aliphatic rings. The predicted octanol–water partition coefficient (Wildman–Crippen LogP) is 0.637. The minimum absolute atomic E-state index is 0.0148. The molecule has 18 heavy (non-hydrogen) atoms. The lowest BCUT2D eigenvalue weighted by Gasteiger charge is -2.06. The summed E-state index contributed by atoms with van der Waals surface area (Å²) in [5.74, 6) is 0.819. The summed E-state index contributed by atoms with van der Waals surface area (Å²) in [6.07, 6.45) is 6.41. The molecule has 0 fully saturated rings. The Labute approximate surface area is 104 Å². The molecule has 2 aromatic rings. The number of carbonyl (C=O) groups excluding carboxylic acids is 1. The van der Waals surface area contributed by atoms with Gasteiger partial charge >= 0.3 is 0 Å². The molecular weight excluding hydrogens is 234 g/mol. The number of carbonyl (C=O) groups is 1.